The van der Waals surface area contributed by atoms with Crippen molar-refractivity contribution in [2.75, 3.05) is 13.1 Å². The van der Waals surface area contributed by atoms with Crippen LogP contribution in [-0.4, -0.2) is 30.6 Å². The SMILES string of the molecule is O=S(=O)(c1cc(F)ccc1Cl)N1CCC(Br)CC1. The van der Waals surface area contributed by atoms with Gasteiger partial charge >= 0.3 is 0 Å². The highest BCUT2D eigenvalue weighted by molar-refractivity contribution is 9.09. The smallest absolute Gasteiger partial charge is 0.207 e. The molecule has 0 aliphatic carbocycles. The molecule has 1 aliphatic heterocycles. The third-order valence-corrected chi connectivity index (χ3v) is 6.19. The highest BCUT2D eigenvalue weighted by Gasteiger charge is 2.30. The van der Waals surface area contributed by atoms with E-state index in [9.17, 15) is 12.8 Å². The van der Waals surface area contributed by atoms with Gasteiger partial charge in [0, 0.05) is 17.9 Å². The Labute approximate surface area is 119 Å². The maximum absolute atomic E-state index is 13.2. The zero-order valence-corrected chi connectivity index (χ0v) is 12.6. The Morgan fingerprint density at radius 2 is 1.94 bits per heavy atom. The molecular weight excluding hydrogens is 345 g/mol. The fraction of sp³-hybridized carbons (Fsp3) is 0.455. The number of nitrogens with zero attached hydrogens (tertiary/aromatic N) is 1. The Hall–Kier alpha value is -0.170. The number of alkyl halides is 1. The molecule has 0 radical (unpaired) electrons. The lowest BCUT2D eigenvalue weighted by atomic mass is 10.2. The molecule has 0 atom stereocenters. The normalized spacial score (nSPS) is 19.1. The Kier molecular flexibility index (Phi) is 4.31. The molecule has 1 aromatic rings. The van der Waals surface area contributed by atoms with Gasteiger partial charge in [0.1, 0.15) is 10.7 Å². The van der Waals surface area contributed by atoms with Crippen LogP contribution in [0.2, 0.25) is 5.02 Å². The van der Waals surface area contributed by atoms with Crippen molar-refractivity contribution in [1.29, 1.82) is 0 Å². The summed E-state index contributed by atoms with van der Waals surface area (Å²) >= 11 is 9.30. The summed E-state index contributed by atoms with van der Waals surface area (Å²) in [6.07, 6.45) is 1.48. The minimum atomic E-state index is -3.70. The molecule has 1 saturated heterocycles. The summed E-state index contributed by atoms with van der Waals surface area (Å²) in [7, 11) is -3.70. The first kappa shape index (κ1) is 14.2. The lowest BCUT2D eigenvalue weighted by molar-refractivity contribution is 0.354. The van der Waals surface area contributed by atoms with Crippen LogP contribution >= 0.6 is 27.5 Å². The lowest BCUT2D eigenvalue weighted by Gasteiger charge is -2.28. The molecule has 100 valence electrons. The molecule has 1 aromatic carbocycles. The summed E-state index contributed by atoms with van der Waals surface area (Å²) in [5.41, 5.74) is 0. The van der Waals surface area contributed by atoms with Gasteiger partial charge in [-0.3, -0.25) is 0 Å². The van der Waals surface area contributed by atoms with Crippen LogP contribution in [-0.2, 0) is 10.0 Å². The monoisotopic (exact) mass is 355 g/mol. The molecule has 3 nitrogen and oxygen atoms in total. The highest BCUT2D eigenvalue weighted by Crippen LogP contribution is 2.28. The van der Waals surface area contributed by atoms with Gasteiger partial charge in [-0.05, 0) is 31.0 Å². The first-order valence-electron chi connectivity index (χ1n) is 5.50. The molecule has 0 bridgehead atoms. The maximum Gasteiger partial charge on any atom is 0.244 e. The summed E-state index contributed by atoms with van der Waals surface area (Å²) in [5.74, 6) is -0.603. The molecule has 1 fully saturated rings. The summed E-state index contributed by atoms with van der Waals surface area (Å²) in [4.78, 5) is 0.184. The number of hydrogen-bond donors (Lipinski definition) is 0. The van der Waals surface area contributed by atoms with Gasteiger partial charge in [0.05, 0.1) is 5.02 Å². The molecule has 0 saturated carbocycles. The quantitative estimate of drug-likeness (QED) is 0.764. The maximum atomic E-state index is 13.2. The zero-order valence-electron chi connectivity index (χ0n) is 9.44. The fourth-order valence-electron chi connectivity index (χ4n) is 1.88. The van der Waals surface area contributed by atoms with Crippen molar-refractivity contribution in [2.45, 2.75) is 22.6 Å². The zero-order chi connectivity index (χ0) is 13.3. The molecule has 0 amide bonds. The van der Waals surface area contributed by atoms with Gasteiger partial charge < -0.3 is 0 Å². The van der Waals surface area contributed by atoms with Gasteiger partial charge in [-0.1, -0.05) is 27.5 Å². The molecule has 0 unspecified atom stereocenters. The second-order valence-corrected chi connectivity index (χ2v) is 7.76. The number of benzene rings is 1. The van der Waals surface area contributed by atoms with E-state index >= 15 is 0 Å². The van der Waals surface area contributed by atoms with Crippen LogP contribution in [0.4, 0.5) is 4.39 Å². The Morgan fingerprint density at radius 1 is 1.33 bits per heavy atom. The van der Waals surface area contributed by atoms with E-state index < -0.39 is 15.8 Å². The van der Waals surface area contributed by atoms with Gasteiger partial charge in [-0.25, -0.2) is 12.8 Å². The van der Waals surface area contributed by atoms with Gasteiger partial charge in [0.2, 0.25) is 10.0 Å². The topological polar surface area (TPSA) is 37.4 Å². The molecule has 0 spiro atoms. The van der Waals surface area contributed by atoms with E-state index in [0.29, 0.717) is 17.9 Å². The number of piperidine rings is 1. The highest BCUT2D eigenvalue weighted by atomic mass is 79.9. The summed E-state index contributed by atoms with van der Waals surface area (Å²) < 4.78 is 39.2. The summed E-state index contributed by atoms with van der Waals surface area (Å²) in [6.45, 7) is 0.843. The van der Waals surface area contributed by atoms with Crippen molar-refractivity contribution in [3.63, 3.8) is 0 Å². The lowest BCUT2D eigenvalue weighted by Crippen LogP contribution is -2.38. The number of rotatable bonds is 2. The van der Waals surface area contributed by atoms with Crippen molar-refractivity contribution in [3.8, 4) is 0 Å². The van der Waals surface area contributed by atoms with Crippen LogP contribution in [0.25, 0.3) is 0 Å². The second-order valence-electron chi connectivity index (χ2n) is 4.15. The van der Waals surface area contributed by atoms with Gasteiger partial charge in [0.15, 0.2) is 0 Å². The van der Waals surface area contributed by atoms with E-state index in [1.165, 1.54) is 10.4 Å². The minimum absolute atomic E-state index is 0.0531. The summed E-state index contributed by atoms with van der Waals surface area (Å²) in [5, 5.41) is 0.0531. The predicted molar refractivity (Wildman–Crippen MR) is 72.1 cm³/mol. The Bertz CT molecular complexity index is 544. The van der Waals surface area contributed by atoms with Crippen LogP contribution < -0.4 is 0 Å². The van der Waals surface area contributed by atoms with E-state index in [-0.39, 0.29) is 9.92 Å². The van der Waals surface area contributed by atoms with E-state index in [2.05, 4.69) is 15.9 Å². The summed E-state index contributed by atoms with van der Waals surface area (Å²) in [6, 6.07) is 3.38. The largest absolute Gasteiger partial charge is 0.244 e. The third kappa shape index (κ3) is 2.87. The molecule has 1 heterocycles. The molecular formula is C11H12BrClFNO2S. The van der Waals surface area contributed by atoms with E-state index in [0.717, 1.165) is 25.0 Å². The molecule has 1 aliphatic rings. The van der Waals surface area contributed by atoms with Crippen LogP contribution in [0.5, 0.6) is 0 Å². The molecule has 0 aromatic heterocycles. The van der Waals surface area contributed by atoms with Crippen molar-refractivity contribution in [1.82, 2.24) is 4.31 Å². The molecule has 18 heavy (non-hydrogen) atoms. The van der Waals surface area contributed by atoms with Gasteiger partial charge in [-0.15, -0.1) is 0 Å². The van der Waals surface area contributed by atoms with Crippen molar-refractivity contribution in [3.05, 3.63) is 29.0 Å². The van der Waals surface area contributed by atoms with Gasteiger partial charge in [-0.2, -0.15) is 4.31 Å². The van der Waals surface area contributed by atoms with Crippen molar-refractivity contribution >= 4 is 37.6 Å². The van der Waals surface area contributed by atoms with Crippen LogP contribution in [0.15, 0.2) is 23.1 Å². The predicted octanol–water partition coefficient (Wildman–Crippen LogP) is 3.03. The number of halogens is 3. The first-order chi connectivity index (χ1) is 8.41. The van der Waals surface area contributed by atoms with E-state index in [1.54, 1.807) is 0 Å². The van der Waals surface area contributed by atoms with Crippen molar-refractivity contribution in [2.24, 2.45) is 0 Å². The Morgan fingerprint density at radius 3 is 2.56 bits per heavy atom. The molecule has 7 heteroatoms. The minimum Gasteiger partial charge on any atom is -0.207 e. The van der Waals surface area contributed by atoms with E-state index in [4.69, 9.17) is 11.6 Å². The standard InChI is InChI=1S/C11H12BrClFNO2S/c12-8-3-5-15(6-4-8)18(16,17)11-7-9(14)1-2-10(11)13/h1-2,7-8H,3-6H2. The van der Waals surface area contributed by atoms with E-state index in [1.807, 2.05) is 0 Å². The Balaban J connectivity index is 2.33. The van der Waals surface area contributed by atoms with Crippen LogP contribution in [0.3, 0.4) is 0 Å². The number of hydrogen-bond acceptors (Lipinski definition) is 2. The molecule has 2 rings (SSSR count). The average molecular weight is 357 g/mol. The number of sulfonamides is 1. The average Bonchev–Trinajstić information content (AvgIpc) is 2.32. The second kappa shape index (κ2) is 5.45. The van der Waals surface area contributed by atoms with Gasteiger partial charge in [0.25, 0.3) is 0 Å². The fourth-order valence-corrected chi connectivity index (χ4v) is 4.24. The van der Waals surface area contributed by atoms with Crippen molar-refractivity contribution < 1.29 is 12.8 Å². The van der Waals surface area contributed by atoms with Crippen LogP contribution in [0.1, 0.15) is 12.8 Å². The first-order valence-corrected chi connectivity index (χ1v) is 8.24. The third-order valence-electron chi connectivity index (χ3n) is 2.89. The molecule has 0 N–H and O–H groups in total. The van der Waals surface area contributed by atoms with Crippen LogP contribution in [0, 0.1) is 5.82 Å².